The Bertz CT molecular complexity index is 439. The largest absolute Gasteiger partial charge is 0.478 e. The number of aromatic carboxylic acids is 1. The monoisotopic (exact) mass is 235 g/mol. The maximum atomic E-state index is 10.8. The Morgan fingerprint density at radius 3 is 2.71 bits per heavy atom. The second kappa shape index (κ2) is 4.24. The zero-order valence-electron chi connectivity index (χ0n) is 9.86. The third-order valence-corrected chi connectivity index (χ3v) is 3.29. The van der Waals surface area contributed by atoms with E-state index in [0.717, 1.165) is 12.8 Å². The van der Waals surface area contributed by atoms with Crippen LogP contribution in [0.2, 0.25) is 0 Å². The summed E-state index contributed by atoms with van der Waals surface area (Å²) in [6, 6.07) is 1.44. The Balaban J connectivity index is 2.19. The highest BCUT2D eigenvalue weighted by Crippen LogP contribution is 2.33. The fourth-order valence-corrected chi connectivity index (χ4v) is 2.27. The summed E-state index contributed by atoms with van der Waals surface area (Å²) in [5.74, 6) is -0.428. The molecule has 0 atom stereocenters. The summed E-state index contributed by atoms with van der Waals surface area (Å²) in [6.07, 6.45) is 5.93. The molecule has 0 aliphatic heterocycles. The van der Waals surface area contributed by atoms with Crippen molar-refractivity contribution in [1.82, 2.24) is 4.98 Å². The molecule has 2 rings (SSSR count). The summed E-state index contributed by atoms with van der Waals surface area (Å²) < 4.78 is 0. The lowest BCUT2D eigenvalue weighted by atomic mass is 10.0. The number of hydrogen-bond donors (Lipinski definition) is 3. The predicted molar refractivity (Wildman–Crippen MR) is 66.1 cm³/mol. The second-order valence-electron chi connectivity index (χ2n) is 4.86. The number of nitrogen functional groups attached to an aromatic ring is 1. The van der Waals surface area contributed by atoms with Crippen LogP contribution < -0.4 is 11.1 Å². The Labute approximate surface area is 100 Å². The van der Waals surface area contributed by atoms with E-state index in [4.69, 9.17) is 10.8 Å². The number of hydrogen-bond acceptors (Lipinski definition) is 4. The van der Waals surface area contributed by atoms with Crippen molar-refractivity contribution in [1.29, 1.82) is 0 Å². The van der Waals surface area contributed by atoms with Crippen molar-refractivity contribution >= 4 is 17.5 Å². The van der Waals surface area contributed by atoms with Gasteiger partial charge in [-0.2, -0.15) is 0 Å². The molecule has 0 unspecified atom stereocenters. The number of anilines is 2. The fraction of sp³-hybridized carbons (Fsp3) is 0.500. The van der Waals surface area contributed by atoms with Crippen molar-refractivity contribution < 1.29 is 9.90 Å². The highest BCUT2D eigenvalue weighted by molar-refractivity contribution is 5.89. The highest BCUT2D eigenvalue weighted by Gasteiger charge is 2.29. The van der Waals surface area contributed by atoms with Gasteiger partial charge < -0.3 is 16.2 Å². The first kappa shape index (κ1) is 11.7. The van der Waals surface area contributed by atoms with Gasteiger partial charge in [0.05, 0.1) is 11.3 Å². The molecular formula is C12H17N3O2. The number of aromatic nitrogens is 1. The van der Waals surface area contributed by atoms with Gasteiger partial charge in [-0.15, -0.1) is 0 Å². The Kier molecular flexibility index (Phi) is 2.92. The van der Waals surface area contributed by atoms with Gasteiger partial charge in [0.1, 0.15) is 5.82 Å². The molecule has 1 aromatic rings. The van der Waals surface area contributed by atoms with Crippen LogP contribution in [0.15, 0.2) is 12.3 Å². The molecule has 1 heterocycles. The van der Waals surface area contributed by atoms with Gasteiger partial charge in [0.25, 0.3) is 0 Å². The SMILES string of the molecule is CC1(Nc2ncc(C(=O)O)cc2N)CCCC1. The quantitative estimate of drug-likeness (QED) is 0.746. The minimum absolute atomic E-state index is 0.0336. The molecule has 0 aromatic carbocycles. The zero-order chi connectivity index (χ0) is 12.5. The molecule has 4 N–H and O–H groups in total. The summed E-state index contributed by atoms with van der Waals surface area (Å²) in [7, 11) is 0. The lowest BCUT2D eigenvalue weighted by molar-refractivity contribution is 0.0696. The molecule has 0 spiro atoms. The number of carboxylic acids is 1. The topological polar surface area (TPSA) is 88.2 Å². The molecule has 92 valence electrons. The molecule has 17 heavy (non-hydrogen) atoms. The summed E-state index contributed by atoms with van der Waals surface area (Å²) >= 11 is 0. The average Bonchev–Trinajstić information content (AvgIpc) is 2.68. The Hall–Kier alpha value is -1.78. The molecule has 0 saturated heterocycles. The van der Waals surface area contributed by atoms with E-state index in [9.17, 15) is 4.79 Å². The number of nitrogens with zero attached hydrogens (tertiary/aromatic N) is 1. The first-order valence-electron chi connectivity index (χ1n) is 5.77. The van der Waals surface area contributed by atoms with Crippen molar-refractivity contribution in [3.05, 3.63) is 17.8 Å². The normalized spacial score (nSPS) is 17.9. The van der Waals surface area contributed by atoms with Gasteiger partial charge in [-0.25, -0.2) is 9.78 Å². The minimum atomic E-state index is -1.01. The van der Waals surface area contributed by atoms with Gasteiger partial charge in [-0.3, -0.25) is 0 Å². The summed E-state index contributed by atoms with van der Waals surface area (Å²) in [6.45, 7) is 2.15. The number of nitrogens with one attached hydrogen (secondary N) is 1. The van der Waals surface area contributed by atoms with Gasteiger partial charge in [-0.05, 0) is 25.8 Å². The van der Waals surface area contributed by atoms with E-state index in [-0.39, 0.29) is 11.1 Å². The van der Waals surface area contributed by atoms with Gasteiger partial charge >= 0.3 is 5.97 Å². The minimum Gasteiger partial charge on any atom is -0.478 e. The van der Waals surface area contributed by atoms with Gasteiger partial charge in [0.2, 0.25) is 0 Å². The molecule has 1 aliphatic rings. The third-order valence-electron chi connectivity index (χ3n) is 3.29. The highest BCUT2D eigenvalue weighted by atomic mass is 16.4. The van der Waals surface area contributed by atoms with Crippen LogP contribution in [0.4, 0.5) is 11.5 Å². The summed E-state index contributed by atoms with van der Waals surface area (Å²) in [4.78, 5) is 14.8. The van der Waals surface area contributed by atoms with E-state index >= 15 is 0 Å². The van der Waals surface area contributed by atoms with Crippen LogP contribution >= 0.6 is 0 Å². The molecule has 0 bridgehead atoms. The molecule has 1 aliphatic carbocycles. The van der Waals surface area contributed by atoms with Gasteiger partial charge in [0, 0.05) is 11.7 Å². The van der Waals surface area contributed by atoms with Crippen LogP contribution in [-0.4, -0.2) is 21.6 Å². The first-order valence-corrected chi connectivity index (χ1v) is 5.77. The first-order chi connectivity index (χ1) is 8.00. The van der Waals surface area contributed by atoms with E-state index in [0.29, 0.717) is 11.5 Å². The van der Waals surface area contributed by atoms with Crippen molar-refractivity contribution in [2.75, 3.05) is 11.1 Å². The van der Waals surface area contributed by atoms with E-state index in [1.165, 1.54) is 25.1 Å². The lowest BCUT2D eigenvalue weighted by Crippen LogP contribution is -2.31. The van der Waals surface area contributed by atoms with Crippen molar-refractivity contribution in [3.63, 3.8) is 0 Å². The van der Waals surface area contributed by atoms with E-state index in [1.807, 2.05) is 0 Å². The maximum Gasteiger partial charge on any atom is 0.337 e. The average molecular weight is 235 g/mol. The Morgan fingerprint density at radius 1 is 1.53 bits per heavy atom. The predicted octanol–water partition coefficient (Wildman–Crippen LogP) is 2.11. The number of carboxylic acid groups (broad SMARTS) is 1. The van der Waals surface area contributed by atoms with E-state index in [2.05, 4.69) is 17.2 Å². The van der Waals surface area contributed by atoms with Crippen LogP contribution in [0.3, 0.4) is 0 Å². The molecule has 1 fully saturated rings. The maximum absolute atomic E-state index is 10.8. The fourth-order valence-electron chi connectivity index (χ4n) is 2.27. The van der Waals surface area contributed by atoms with Gasteiger partial charge in [-0.1, -0.05) is 12.8 Å². The Morgan fingerprint density at radius 2 is 2.18 bits per heavy atom. The molecule has 5 heteroatoms. The smallest absolute Gasteiger partial charge is 0.337 e. The van der Waals surface area contributed by atoms with Crippen LogP contribution in [0.25, 0.3) is 0 Å². The van der Waals surface area contributed by atoms with Crippen LogP contribution in [0.1, 0.15) is 43.0 Å². The molecule has 1 saturated carbocycles. The number of rotatable bonds is 3. The van der Waals surface area contributed by atoms with E-state index < -0.39 is 5.97 Å². The molecule has 1 aromatic heterocycles. The van der Waals surface area contributed by atoms with Crippen molar-refractivity contribution in [2.45, 2.75) is 38.1 Å². The molecular weight excluding hydrogens is 218 g/mol. The summed E-state index contributed by atoms with van der Waals surface area (Å²) in [5, 5.41) is 12.1. The second-order valence-corrected chi connectivity index (χ2v) is 4.86. The summed E-state index contributed by atoms with van der Waals surface area (Å²) in [5.41, 5.74) is 6.34. The van der Waals surface area contributed by atoms with E-state index in [1.54, 1.807) is 0 Å². The number of nitrogens with two attached hydrogens (primary N) is 1. The number of pyridine rings is 1. The molecule has 0 amide bonds. The van der Waals surface area contributed by atoms with Crippen LogP contribution in [0, 0.1) is 0 Å². The van der Waals surface area contributed by atoms with Crippen LogP contribution in [-0.2, 0) is 0 Å². The zero-order valence-corrected chi connectivity index (χ0v) is 9.86. The number of carbonyl (C=O) groups is 1. The van der Waals surface area contributed by atoms with Crippen LogP contribution in [0.5, 0.6) is 0 Å². The van der Waals surface area contributed by atoms with Crippen molar-refractivity contribution in [3.8, 4) is 0 Å². The van der Waals surface area contributed by atoms with Crippen molar-refractivity contribution in [2.24, 2.45) is 0 Å². The standard InChI is InChI=1S/C12H17N3O2/c1-12(4-2-3-5-12)15-10-9(13)6-8(7-14-10)11(16)17/h6-7H,2-5,13H2,1H3,(H,14,15)(H,16,17). The van der Waals surface area contributed by atoms with Gasteiger partial charge in [0.15, 0.2) is 0 Å². The molecule has 5 nitrogen and oxygen atoms in total. The lowest BCUT2D eigenvalue weighted by Gasteiger charge is -2.26. The third kappa shape index (κ3) is 2.49. The molecule has 0 radical (unpaired) electrons.